The minimum absolute atomic E-state index is 0. The average Bonchev–Trinajstić information content (AvgIpc) is 1.67. The number of hydrogen-bond donors (Lipinski definition) is 1. The van der Waals surface area contributed by atoms with Gasteiger partial charge in [-0.1, -0.05) is 268 Å². The molecule has 10 aliphatic carbocycles. The van der Waals surface area contributed by atoms with Crippen LogP contribution in [0.2, 0.25) is 0 Å². The molecule has 0 amide bonds. The monoisotopic (exact) mass is 2600 g/mol. The summed E-state index contributed by atoms with van der Waals surface area (Å²) in [6.07, 6.45) is 37.2. The molecule has 800 valence electrons. The van der Waals surface area contributed by atoms with Crippen LogP contribution in [0.1, 0.15) is 198 Å². The van der Waals surface area contributed by atoms with Crippen LogP contribution in [0.15, 0.2) is 215 Å². The second-order valence-electron chi connectivity index (χ2n) is 35.3. The molecule has 23 rings (SSSR count). The summed E-state index contributed by atoms with van der Waals surface area (Å²) >= 11 is 0. The summed E-state index contributed by atoms with van der Waals surface area (Å²) in [6, 6.07) is 76.3. The molecule has 10 aliphatic rings. The van der Waals surface area contributed by atoms with Crippen molar-refractivity contribution in [3.05, 3.63) is 262 Å². The zero-order valence-electron chi connectivity index (χ0n) is 81.2. The largest absolute Gasteiger partial charge is 0.481 e. The summed E-state index contributed by atoms with van der Waals surface area (Å²) < 4.78 is 26.5. The van der Waals surface area contributed by atoms with Gasteiger partial charge in [-0.2, -0.15) is 0 Å². The topological polar surface area (TPSA) is 85.8 Å². The summed E-state index contributed by atoms with van der Waals surface area (Å²) in [5, 5.41) is 22.1. The predicted octanol–water partition coefficient (Wildman–Crippen LogP) is 25.3. The van der Waals surface area contributed by atoms with Crippen LogP contribution in [0, 0.1) is 629 Å². The molecule has 0 spiro atoms. The second-order valence-corrected chi connectivity index (χ2v) is 44.3. The summed E-state index contributed by atoms with van der Waals surface area (Å²) in [5.41, 5.74) is 21.9. The van der Waals surface area contributed by atoms with Crippen molar-refractivity contribution in [2.45, 2.75) is 231 Å². The summed E-state index contributed by atoms with van der Waals surface area (Å²) in [5.74, 6) is 2.68. The van der Waals surface area contributed by atoms with E-state index in [1.165, 1.54) is 261 Å². The van der Waals surface area contributed by atoms with Crippen molar-refractivity contribution >= 4 is 176 Å². The van der Waals surface area contributed by atoms with Crippen molar-refractivity contribution in [1.29, 1.82) is 0 Å². The number of benzene rings is 10. The molecule has 3 heterocycles. The van der Waals surface area contributed by atoms with E-state index in [1.807, 2.05) is 26.0 Å². The molecule has 10 aromatic carbocycles. The van der Waals surface area contributed by atoms with Gasteiger partial charge in [0.15, 0.2) is 0 Å². The standard InChI is InChI=1S/C39H43NO2P2.C20H16P2.C16H18P2.C14H18N2O2P2.C8H19NP2.2C5H10.16Ar.2Fe/c1-27(32-21-12-22-37(32)43(30-15-4-2-5-16-30)31-17-6-3-7-18-31)40-44-41-35-25-23-28-13-8-10-19-33(28)38(35)39-34-20-11-9-14-29(34)24-26-36(39)42-44;21-17-11-9-13-5-1-3-7-15(13)19(17)20-16-8-4-2-6-14(16)10-12-18(20)22;17-15-9-11-1-5-13(15)8-4-12-2-6-14(7-3-11)16(18)10-12;1-7-13(9(19)5-11(15-7)17-3)14-8(2)16-12(18-4)6-10(14)20;1-6(9(2)11)7-4-3-5-8(7)10;2*1-2-4-5-3-1;;;;;;;;;;;;;;;;;;/h2-7,15-18,23-27,32,37,40H,8-14,19-22H2,1H3;1-12H,21-22H2;1-2,5-6,9-10H,3-4,7-8,17-18H2;5-6H,19-20H2,1-4H3;6-8H,3-5,10-11H2,1-2H3;2*1-5H2;;;;;;;;;;;;;;;;;;/t27-,32?,37?;;;;6-,7?,8?;;;;;;;;;;;;;;;;;;;;/m1...1..................../s1. The second kappa shape index (κ2) is 89.6. The van der Waals surface area contributed by atoms with Gasteiger partial charge < -0.3 is 17.9 Å². The molecule has 0 radical (unpaired) electrons. The molecule has 12 unspecified atom stereocenters. The van der Waals surface area contributed by atoms with Crippen LogP contribution >= 0.6 is 90.2 Å². The van der Waals surface area contributed by atoms with Crippen molar-refractivity contribution in [2.24, 2.45) is 11.8 Å². The van der Waals surface area contributed by atoms with E-state index < -0.39 is 16.1 Å². The van der Waals surface area contributed by atoms with Crippen LogP contribution in [-0.2, 0) is 85.5 Å². The molecule has 3 aromatic heterocycles. The Kier molecular flexibility index (Phi) is 105. The molecule has 1 N–H and O–H groups in total. The number of rotatable bonds is 12. The first-order valence-corrected chi connectivity index (χ1v) is 53.3. The molecule has 4 bridgehead atoms. The van der Waals surface area contributed by atoms with Crippen LogP contribution in [0.3, 0.4) is 0 Å². The zero-order chi connectivity index (χ0) is 87.5. The number of ether oxygens (including phenoxy) is 2. The maximum absolute atomic E-state index is 6.93. The van der Waals surface area contributed by atoms with E-state index in [2.05, 4.69) is 309 Å². The third-order valence-corrected chi connectivity index (χ3v) is 35.5. The van der Waals surface area contributed by atoms with Crippen LogP contribution in [0.5, 0.6) is 11.8 Å². The maximum atomic E-state index is 6.93. The van der Waals surface area contributed by atoms with E-state index in [0.29, 0.717) is 29.4 Å². The smallest absolute Gasteiger partial charge is 0.307 e. The van der Waals surface area contributed by atoms with E-state index in [-0.39, 0.29) is 644 Å². The van der Waals surface area contributed by atoms with Crippen LogP contribution in [0.4, 0.5) is 0 Å². The van der Waals surface area contributed by atoms with E-state index in [9.17, 15) is 0 Å². The normalized spacial score (nSPS) is 15.6. The molecular formula is C107H134Ar16Fe2N4O4P10. The molecule has 0 saturated heterocycles. The fourth-order valence-corrected chi connectivity index (χ4v) is 28.3. The Morgan fingerprint density at radius 1 is 0.371 bits per heavy atom. The molecule has 143 heavy (non-hydrogen) atoms. The Balaban J connectivity index is -0.000000556. The Morgan fingerprint density at radius 3 is 1.08 bits per heavy atom. The number of methoxy groups -OCH3 is 2. The number of aromatic nitrogens is 2. The molecule has 36 heteroatoms. The fraction of sp³-hybridized carbons (Fsp3) is 0.383. The van der Waals surface area contributed by atoms with Gasteiger partial charge in [-0.15, -0.1) is 64.7 Å². The van der Waals surface area contributed by atoms with E-state index in [0.717, 1.165) is 94.4 Å². The van der Waals surface area contributed by atoms with E-state index in [4.69, 9.17) is 17.9 Å². The Labute approximate surface area is 1380 Å². The van der Waals surface area contributed by atoms with Gasteiger partial charge in [0.05, 0.1) is 14.2 Å². The van der Waals surface area contributed by atoms with Crippen LogP contribution in [-0.4, -0.2) is 59.3 Å². The molecule has 0 aliphatic heterocycles. The number of nitrogens with one attached hydrogen (secondary N) is 1. The van der Waals surface area contributed by atoms with Gasteiger partial charge in [-0.3, -0.25) is 4.67 Å². The Hall–Kier alpha value is 15.5. The maximum Gasteiger partial charge on any atom is 0.307 e. The predicted molar refractivity (Wildman–Crippen MR) is 573 cm³/mol. The minimum Gasteiger partial charge on any atom is -0.481 e. The Morgan fingerprint density at radius 2 is 0.727 bits per heavy atom. The van der Waals surface area contributed by atoms with Crippen molar-refractivity contribution < 1.29 is 656 Å². The number of nitrogens with zero attached hydrogens (tertiary/aromatic N) is 3. The summed E-state index contributed by atoms with van der Waals surface area (Å²) in [7, 11) is 26.4. The van der Waals surface area contributed by atoms with Gasteiger partial charge in [0.1, 0.15) is 11.2 Å². The molecule has 4 fully saturated rings. The summed E-state index contributed by atoms with van der Waals surface area (Å²) in [6.45, 7) is 8.65. The van der Waals surface area contributed by atoms with Gasteiger partial charge in [0.2, 0.25) is 11.8 Å². The molecular weight excluding hydrogens is 2470 g/mol. The average molecular weight is 2600 g/mol. The third kappa shape index (κ3) is 49.5. The molecule has 13 aromatic rings. The first-order valence-electron chi connectivity index (χ1n) is 46.1. The van der Waals surface area contributed by atoms with Gasteiger partial charge in [-0.25, -0.2) is 15.1 Å². The number of pyridine rings is 2. The SMILES string of the molecule is C1CCCC1.C1CCCC1.COc1cc(P)c(-c2c(P)cc(OC)nc2C)c(C)n1.C[C@@H](Np1oc2ccc3c(c2c2c4c(ccc2o1)CCCC4)CCCC3)C1CCCC1P(c1ccccc1)c1ccccc1.C[C@H](C1CCCC1P)N(C)P.Pc1cc2ccc1CCc1ccc(c(P)c1)CC2.Pc1ccc2ccccc2c1-c1c(P)ccc2ccccc12.[Ar].[Ar].[Ar].[Ar].[Ar].[Ar].[Ar].[Ar].[Ar].[Ar].[Ar].[Ar].[Ar].[Ar].[Ar].[Ar].[Fe].[Fe]. The molecule has 8 nitrogen and oxygen atoms in total. The van der Waals surface area contributed by atoms with Crippen LogP contribution in [0.25, 0.3) is 65.7 Å². The Bertz CT molecular complexity index is 5520. The van der Waals surface area contributed by atoms with Crippen molar-refractivity contribution in [1.82, 2.24) is 14.6 Å². The summed E-state index contributed by atoms with van der Waals surface area (Å²) in [4.78, 5) is 8.90. The minimum atomic E-state index is -1.34. The fourth-order valence-electron chi connectivity index (χ4n) is 20.0. The van der Waals surface area contributed by atoms with Gasteiger partial charge in [-0.05, 0) is 300 Å². The van der Waals surface area contributed by atoms with Crippen molar-refractivity contribution in [2.75, 3.05) is 26.4 Å². The van der Waals surface area contributed by atoms with Gasteiger partial charge in [0.25, 0.3) is 0 Å². The number of aryl methyl sites for hydroxylation is 10. The number of fused-ring (bicyclic) bond motifs is 9. The zero-order valence-corrected chi connectivity index (χ0v) is 106. The third-order valence-electron chi connectivity index (χ3n) is 26.9. The quantitative estimate of drug-likeness (QED) is 0.0957. The first-order chi connectivity index (χ1) is 60.8. The molecule has 4 saturated carbocycles. The molecule has 14 atom stereocenters. The van der Waals surface area contributed by atoms with Gasteiger partial charge in [0, 0.05) is 695 Å². The van der Waals surface area contributed by atoms with Crippen molar-refractivity contribution in [3.63, 3.8) is 0 Å². The van der Waals surface area contributed by atoms with E-state index in [1.54, 1.807) is 14.2 Å². The number of hydrogen-bond acceptors (Lipinski definition) is 8. The van der Waals surface area contributed by atoms with Crippen LogP contribution < -0.4 is 57.0 Å². The van der Waals surface area contributed by atoms with E-state index >= 15 is 0 Å². The first kappa shape index (κ1) is 167. The van der Waals surface area contributed by atoms with Gasteiger partial charge >= 0.3 is 8.16 Å². The van der Waals surface area contributed by atoms with Crippen molar-refractivity contribution in [3.8, 4) is 34.0 Å².